The third-order valence-electron chi connectivity index (χ3n) is 4.72. The molecule has 0 unspecified atom stereocenters. The van der Waals surface area contributed by atoms with E-state index in [9.17, 15) is 4.79 Å². The van der Waals surface area contributed by atoms with Crippen molar-refractivity contribution in [2.75, 3.05) is 25.3 Å². The summed E-state index contributed by atoms with van der Waals surface area (Å²) < 4.78 is 14.4. The van der Waals surface area contributed by atoms with E-state index in [1.807, 2.05) is 51.9 Å². The Hall–Kier alpha value is -3.72. The van der Waals surface area contributed by atoms with Gasteiger partial charge < -0.3 is 14.8 Å². The Kier molecular flexibility index (Phi) is 6.76. The van der Waals surface area contributed by atoms with Gasteiger partial charge in [-0.3, -0.25) is 13.9 Å². The summed E-state index contributed by atoms with van der Waals surface area (Å²) in [6, 6.07) is 19.2. The number of methoxy groups -OCH3 is 2. The van der Waals surface area contributed by atoms with Gasteiger partial charge in [0.05, 0.1) is 26.5 Å². The third-order valence-corrected chi connectivity index (χ3v) is 5.68. The maximum absolute atomic E-state index is 12.6. The molecule has 0 aliphatic rings. The van der Waals surface area contributed by atoms with Crippen molar-refractivity contribution in [1.82, 2.24) is 19.3 Å². The minimum absolute atomic E-state index is 0.154. The smallest absolute Gasteiger partial charge is 0.236 e. The van der Waals surface area contributed by atoms with Crippen molar-refractivity contribution in [3.8, 4) is 17.4 Å². The molecule has 0 saturated heterocycles. The normalized spacial score (nSPS) is 10.7. The van der Waals surface area contributed by atoms with Crippen LogP contribution in [0.5, 0.6) is 11.5 Å². The van der Waals surface area contributed by atoms with Crippen LogP contribution in [0.4, 0.5) is 5.69 Å². The maximum atomic E-state index is 12.6. The van der Waals surface area contributed by atoms with Gasteiger partial charge in [-0.2, -0.15) is 0 Å². The highest BCUT2D eigenvalue weighted by atomic mass is 32.2. The highest BCUT2D eigenvalue weighted by Gasteiger charge is 2.16. The van der Waals surface area contributed by atoms with Crippen molar-refractivity contribution in [1.29, 1.82) is 0 Å². The largest absolute Gasteiger partial charge is 0.493 e. The molecule has 8 nitrogen and oxygen atoms in total. The lowest BCUT2D eigenvalue weighted by Gasteiger charge is -2.12. The second-order valence-electron chi connectivity index (χ2n) is 6.85. The number of benzene rings is 2. The van der Waals surface area contributed by atoms with Crippen LogP contribution in [0.1, 0.15) is 5.56 Å². The molecule has 0 radical (unpaired) electrons. The molecule has 1 amide bonds. The van der Waals surface area contributed by atoms with Gasteiger partial charge in [0.25, 0.3) is 0 Å². The Morgan fingerprint density at radius 1 is 0.969 bits per heavy atom. The zero-order valence-corrected chi connectivity index (χ0v) is 18.6. The number of amides is 1. The Morgan fingerprint density at radius 3 is 2.44 bits per heavy atom. The first-order chi connectivity index (χ1) is 15.7. The Morgan fingerprint density at radius 2 is 1.72 bits per heavy atom. The van der Waals surface area contributed by atoms with Crippen LogP contribution < -0.4 is 14.8 Å². The van der Waals surface area contributed by atoms with E-state index in [1.165, 1.54) is 11.8 Å². The van der Waals surface area contributed by atoms with Crippen LogP contribution in [0, 0.1) is 0 Å². The number of nitrogens with one attached hydrogen (secondary N) is 1. The molecular weight excluding hydrogens is 426 g/mol. The topological polar surface area (TPSA) is 83.2 Å². The lowest BCUT2D eigenvalue weighted by molar-refractivity contribution is -0.113. The molecule has 2 aromatic carbocycles. The van der Waals surface area contributed by atoms with Gasteiger partial charge in [-0.15, -0.1) is 10.2 Å². The molecular formula is C23H23N5O3S. The Bertz CT molecular complexity index is 1180. The second kappa shape index (κ2) is 10.1. The van der Waals surface area contributed by atoms with Gasteiger partial charge in [0, 0.05) is 24.1 Å². The Balaban J connectivity index is 1.48. The standard InChI is InChI=1S/C23H23N5O3S/c1-30-19-11-10-18(14-20(19)31-2)24-21(29)16-32-23-26-25-22(27-12-6-7-13-27)28(23)15-17-8-4-3-5-9-17/h3-14H,15-16H2,1-2H3,(H,24,29). The van der Waals surface area contributed by atoms with Crippen LogP contribution in [0.25, 0.3) is 5.95 Å². The number of hydrogen-bond acceptors (Lipinski definition) is 6. The van der Waals surface area contributed by atoms with Crippen LogP contribution in [0.15, 0.2) is 78.2 Å². The van der Waals surface area contributed by atoms with Crippen LogP contribution in [0.2, 0.25) is 0 Å². The fourth-order valence-corrected chi connectivity index (χ4v) is 3.93. The van der Waals surface area contributed by atoms with Gasteiger partial charge in [0.1, 0.15) is 0 Å². The van der Waals surface area contributed by atoms with Crippen molar-refractivity contribution in [2.45, 2.75) is 11.7 Å². The number of carbonyl (C=O) groups excluding carboxylic acids is 1. The molecule has 0 atom stereocenters. The van der Waals surface area contributed by atoms with Crippen molar-refractivity contribution < 1.29 is 14.3 Å². The fraction of sp³-hybridized carbons (Fsp3) is 0.174. The van der Waals surface area contributed by atoms with Crippen LogP contribution in [-0.4, -0.2) is 45.2 Å². The minimum Gasteiger partial charge on any atom is -0.493 e. The number of hydrogen-bond donors (Lipinski definition) is 1. The number of anilines is 1. The molecule has 164 valence electrons. The lowest BCUT2D eigenvalue weighted by Crippen LogP contribution is -2.15. The van der Waals surface area contributed by atoms with E-state index in [1.54, 1.807) is 32.4 Å². The second-order valence-corrected chi connectivity index (χ2v) is 7.79. The van der Waals surface area contributed by atoms with E-state index in [2.05, 4.69) is 27.6 Å². The van der Waals surface area contributed by atoms with E-state index in [4.69, 9.17) is 9.47 Å². The summed E-state index contributed by atoms with van der Waals surface area (Å²) in [6.07, 6.45) is 3.84. The average Bonchev–Trinajstić information content (AvgIpc) is 3.48. The molecule has 0 fully saturated rings. The number of rotatable bonds is 9. The average molecular weight is 450 g/mol. The van der Waals surface area contributed by atoms with E-state index < -0.39 is 0 Å². The predicted octanol–water partition coefficient (Wildman–Crippen LogP) is 3.87. The van der Waals surface area contributed by atoms with Gasteiger partial charge in [-0.05, 0) is 29.8 Å². The molecule has 1 N–H and O–H groups in total. The number of thioether (sulfide) groups is 1. The van der Waals surface area contributed by atoms with E-state index in [0.29, 0.717) is 34.8 Å². The van der Waals surface area contributed by atoms with Crippen molar-refractivity contribution >= 4 is 23.4 Å². The molecule has 4 aromatic rings. The van der Waals surface area contributed by atoms with Gasteiger partial charge in [0.15, 0.2) is 16.7 Å². The first-order valence-electron chi connectivity index (χ1n) is 9.93. The highest BCUT2D eigenvalue weighted by molar-refractivity contribution is 7.99. The maximum Gasteiger partial charge on any atom is 0.236 e. The lowest BCUT2D eigenvalue weighted by atomic mass is 10.2. The number of ether oxygens (including phenoxy) is 2. The molecule has 9 heteroatoms. The molecule has 0 spiro atoms. The summed E-state index contributed by atoms with van der Waals surface area (Å²) in [5, 5.41) is 12.2. The first kappa shape index (κ1) is 21.5. The summed E-state index contributed by atoms with van der Waals surface area (Å²) >= 11 is 1.34. The molecule has 0 aliphatic carbocycles. The SMILES string of the molecule is COc1ccc(NC(=O)CSc2nnc(-n3cccc3)n2Cc2ccccc2)cc1OC. The van der Waals surface area contributed by atoms with Crippen LogP contribution in [0.3, 0.4) is 0 Å². The van der Waals surface area contributed by atoms with Crippen molar-refractivity contribution in [3.63, 3.8) is 0 Å². The third kappa shape index (κ3) is 4.94. The number of aromatic nitrogens is 4. The Labute approximate surface area is 190 Å². The van der Waals surface area contributed by atoms with Crippen molar-refractivity contribution in [2.24, 2.45) is 0 Å². The highest BCUT2D eigenvalue weighted by Crippen LogP contribution is 2.30. The molecule has 2 heterocycles. The summed E-state index contributed by atoms with van der Waals surface area (Å²) in [5.41, 5.74) is 1.75. The monoisotopic (exact) mass is 449 g/mol. The van der Waals surface area contributed by atoms with Crippen molar-refractivity contribution in [3.05, 3.63) is 78.6 Å². The quantitative estimate of drug-likeness (QED) is 0.391. The zero-order chi connectivity index (χ0) is 22.3. The summed E-state index contributed by atoms with van der Waals surface area (Å²) in [5.74, 6) is 1.89. The summed E-state index contributed by atoms with van der Waals surface area (Å²) in [4.78, 5) is 12.6. The number of nitrogens with zero attached hydrogens (tertiary/aromatic N) is 4. The molecule has 2 aromatic heterocycles. The summed E-state index contributed by atoms with van der Waals surface area (Å²) in [7, 11) is 3.13. The predicted molar refractivity (Wildman–Crippen MR) is 124 cm³/mol. The minimum atomic E-state index is -0.154. The number of carbonyl (C=O) groups is 1. The molecule has 4 rings (SSSR count). The van der Waals surface area contributed by atoms with Gasteiger partial charge >= 0.3 is 0 Å². The van der Waals surface area contributed by atoms with Gasteiger partial charge in [-0.1, -0.05) is 42.1 Å². The van der Waals surface area contributed by atoms with E-state index in [-0.39, 0.29) is 11.7 Å². The first-order valence-corrected chi connectivity index (χ1v) is 10.9. The van der Waals surface area contributed by atoms with E-state index >= 15 is 0 Å². The zero-order valence-electron chi connectivity index (χ0n) is 17.8. The van der Waals surface area contributed by atoms with Crippen LogP contribution in [-0.2, 0) is 11.3 Å². The molecule has 0 bridgehead atoms. The van der Waals surface area contributed by atoms with Gasteiger partial charge in [-0.25, -0.2) is 0 Å². The molecule has 32 heavy (non-hydrogen) atoms. The summed E-state index contributed by atoms with van der Waals surface area (Å²) in [6.45, 7) is 0.598. The van der Waals surface area contributed by atoms with Crippen LogP contribution >= 0.6 is 11.8 Å². The fourth-order valence-electron chi connectivity index (χ4n) is 3.19. The van der Waals surface area contributed by atoms with E-state index in [0.717, 1.165) is 5.56 Å². The van der Waals surface area contributed by atoms with Gasteiger partial charge in [0.2, 0.25) is 11.9 Å². The molecule has 0 aliphatic heterocycles. The molecule has 0 saturated carbocycles.